The van der Waals surface area contributed by atoms with Gasteiger partial charge in [0.15, 0.2) is 0 Å². The first-order chi connectivity index (χ1) is 14.7. The number of carbonyl (C=O) groups is 1. The number of aromatic nitrogens is 2. The van der Waals surface area contributed by atoms with Gasteiger partial charge < -0.3 is 19.7 Å². The number of fused-ring (bicyclic) bond motifs is 1. The van der Waals surface area contributed by atoms with E-state index in [0.29, 0.717) is 13.0 Å². The lowest BCUT2D eigenvalue weighted by Gasteiger charge is -2.28. The van der Waals surface area contributed by atoms with Crippen LogP contribution in [0.5, 0.6) is 5.75 Å². The van der Waals surface area contributed by atoms with Crippen LogP contribution >= 0.6 is 0 Å². The Kier molecular flexibility index (Phi) is 6.79. The lowest BCUT2D eigenvalue weighted by Crippen LogP contribution is -2.38. The van der Waals surface area contributed by atoms with Crippen molar-refractivity contribution in [2.75, 3.05) is 37.8 Å². The molecular weight excluding hydrogens is 380 g/mol. The summed E-state index contributed by atoms with van der Waals surface area (Å²) in [5.41, 5.74) is 3.25. The van der Waals surface area contributed by atoms with Gasteiger partial charge in [-0.1, -0.05) is 19.1 Å². The minimum absolute atomic E-state index is 0.0255. The quantitative estimate of drug-likeness (QED) is 0.756. The van der Waals surface area contributed by atoms with Crippen LogP contribution in [0.1, 0.15) is 36.6 Å². The van der Waals surface area contributed by atoms with Crippen LogP contribution in [0.2, 0.25) is 0 Å². The first-order valence-electron chi connectivity index (χ1n) is 10.9. The van der Waals surface area contributed by atoms with Crippen molar-refractivity contribution in [1.82, 2.24) is 15.3 Å². The highest BCUT2D eigenvalue weighted by Crippen LogP contribution is 2.26. The van der Waals surface area contributed by atoms with Crippen molar-refractivity contribution in [2.45, 2.75) is 39.2 Å². The maximum absolute atomic E-state index is 12.7. The largest absolute Gasteiger partial charge is 0.494 e. The third-order valence-electron chi connectivity index (χ3n) is 5.67. The second kappa shape index (κ2) is 9.89. The molecule has 0 radical (unpaired) electrons. The zero-order valence-electron chi connectivity index (χ0n) is 17.6. The minimum atomic E-state index is -0.0255. The summed E-state index contributed by atoms with van der Waals surface area (Å²) in [6.45, 7) is 6.43. The molecule has 30 heavy (non-hydrogen) atoms. The molecule has 1 atom stereocenters. The topological polar surface area (TPSA) is 76.6 Å². The monoisotopic (exact) mass is 410 g/mol. The van der Waals surface area contributed by atoms with Crippen LogP contribution in [0.25, 0.3) is 0 Å². The zero-order valence-corrected chi connectivity index (χ0v) is 17.6. The molecule has 4 rings (SSSR count). The summed E-state index contributed by atoms with van der Waals surface area (Å²) in [4.78, 5) is 24.2. The molecule has 2 aromatic rings. The van der Waals surface area contributed by atoms with Crippen molar-refractivity contribution >= 4 is 11.9 Å². The van der Waals surface area contributed by atoms with Crippen molar-refractivity contribution in [3.63, 3.8) is 0 Å². The number of morpholine rings is 1. The van der Waals surface area contributed by atoms with Crippen molar-refractivity contribution in [2.24, 2.45) is 5.92 Å². The van der Waals surface area contributed by atoms with Gasteiger partial charge in [-0.05, 0) is 48.9 Å². The Morgan fingerprint density at radius 3 is 2.83 bits per heavy atom. The van der Waals surface area contributed by atoms with Crippen molar-refractivity contribution in [1.29, 1.82) is 0 Å². The Bertz CT molecular complexity index is 850. The first-order valence-corrected chi connectivity index (χ1v) is 10.9. The number of rotatable bonds is 7. The van der Waals surface area contributed by atoms with Crippen LogP contribution in [0, 0.1) is 5.92 Å². The van der Waals surface area contributed by atoms with Crippen molar-refractivity contribution in [3.05, 3.63) is 47.3 Å². The van der Waals surface area contributed by atoms with E-state index in [0.717, 1.165) is 80.7 Å². The molecule has 1 N–H and O–H groups in total. The molecule has 0 bridgehead atoms. The predicted molar refractivity (Wildman–Crippen MR) is 115 cm³/mol. The average molecular weight is 411 g/mol. The molecule has 7 nitrogen and oxygen atoms in total. The van der Waals surface area contributed by atoms with Crippen LogP contribution in [-0.2, 0) is 28.9 Å². The average Bonchev–Trinajstić information content (AvgIpc) is 2.81. The van der Waals surface area contributed by atoms with Gasteiger partial charge in [0.05, 0.1) is 19.8 Å². The van der Waals surface area contributed by atoms with E-state index in [-0.39, 0.29) is 11.8 Å². The number of hydrogen-bond acceptors (Lipinski definition) is 6. The van der Waals surface area contributed by atoms with Gasteiger partial charge in [0.25, 0.3) is 0 Å². The molecule has 1 fully saturated rings. The lowest BCUT2D eigenvalue weighted by molar-refractivity contribution is -0.125. The van der Waals surface area contributed by atoms with Gasteiger partial charge in [0.1, 0.15) is 5.75 Å². The fourth-order valence-corrected chi connectivity index (χ4v) is 3.89. The predicted octanol–water partition coefficient (Wildman–Crippen LogP) is 2.52. The highest BCUT2D eigenvalue weighted by atomic mass is 16.5. The number of aryl methyl sites for hydroxylation is 1. The molecule has 2 aliphatic rings. The maximum Gasteiger partial charge on any atom is 0.225 e. The SMILES string of the molecule is CCCOc1ccc(CNC(=O)[C@@H]2CCc3nc(N4CCOCC4)ncc3C2)cc1. The second-order valence-corrected chi connectivity index (χ2v) is 7.89. The minimum Gasteiger partial charge on any atom is -0.494 e. The molecule has 7 heteroatoms. The van der Waals surface area contributed by atoms with E-state index < -0.39 is 0 Å². The summed E-state index contributed by atoms with van der Waals surface area (Å²) in [6, 6.07) is 7.92. The molecule has 0 saturated carbocycles. The molecule has 0 unspecified atom stereocenters. The normalized spacial score (nSPS) is 18.6. The molecule has 2 heterocycles. The van der Waals surface area contributed by atoms with Crippen LogP contribution in [-0.4, -0.2) is 48.8 Å². The summed E-state index contributed by atoms with van der Waals surface area (Å²) in [5, 5.41) is 3.08. The number of amides is 1. The molecule has 1 aliphatic heterocycles. The van der Waals surface area contributed by atoms with Gasteiger partial charge in [0, 0.05) is 37.4 Å². The van der Waals surface area contributed by atoms with E-state index in [1.807, 2.05) is 30.5 Å². The van der Waals surface area contributed by atoms with Crippen molar-refractivity contribution in [3.8, 4) is 5.75 Å². The molecule has 1 aromatic heterocycles. The Labute approximate surface area is 177 Å². The smallest absolute Gasteiger partial charge is 0.225 e. The number of hydrogen-bond donors (Lipinski definition) is 1. The van der Waals surface area contributed by atoms with Gasteiger partial charge in [-0.25, -0.2) is 9.97 Å². The number of carbonyl (C=O) groups excluding carboxylic acids is 1. The fourth-order valence-electron chi connectivity index (χ4n) is 3.89. The van der Waals surface area contributed by atoms with E-state index in [4.69, 9.17) is 14.5 Å². The molecular formula is C23H30N4O3. The summed E-state index contributed by atoms with van der Waals surface area (Å²) < 4.78 is 11.0. The van der Waals surface area contributed by atoms with E-state index in [1.54, 1.807) is 0 Å². The zero-order chi connectivity index (χ0) is 20.8. The van der Waals surface area contributed by atoms with Gasteiger partial charge in [0.2, 0.25) is 11.9 Å². The molecule has 160 valence electrons. The van der Waals surface area contributed by atoms with E-state index >= 15 is 0 Å². The van der Waals surface area contributed by atoms with Crippen LogP contribution in [0.3, 0.4) is 0 Å². The third-order valence-corrected chi connectivity index (χ3v) is 5.67. The van der Waals surface area contributed by atoms with E-state index in [1.165, 1.54) is 0 Å². The molecule has 1 aromatic carbocycles. The van der Waals surface area contributed by atoms with Crippen LogP contribution < -0.4 is 15.0 Å². The molecule has 1 amide bonds. The molecule has 1 aliphatic carbocycles. The molecule has 1 saturated heterocycles. The summed E-state index contributed by atoms with van der Waals surface area (Å²) in [6.07, 6.45) is 5.23. The first kappa shape index (κ1) is 20.6. The summed E-state index contributed by atoms with van der Waals surface area (Å²) >= 11 is 0. The number of benzene rings is 1. The van der Waals surface area contributed by atoms with Gasteiger partial charge in [-0.15, -0.1) is 0 Å². The standard InChI is InChI=1S/C23H30N4O3/c1-2-11-30-20-6-3-17(4-7-20)15-24-22(28)18-5-8-21-19(14-18)16-25-23(26-21)27-9-12-29-13-10-27/h3-4,6-7,16,18H,2,5,8-15H2,1H3,(H,24,28)/t18-/m1/s1. The Hall–Kier alpha value is -2.67. The van der Waals surface area contributed by atoms with E-state index in [9.17, 15) is 4.79 Å². The Balaban J connectivity index is 1.30. The van der Waals surface area contributed by atoms with Crippen LogP contribution in [0.15, 0.2) is 30.5 Å². The Morgan fingerprint density at radius 1 is 1.27 bits per heavy atom. The maximum atomic E-state index is 12.7. The van der Waals surface area contributed by atoms with Gasteiger partial charge in [-0.2, -0.15) is 0 Å². The Morgan fingerprint density at radius 2 is 2.07 bits per heavy atom. The number of nitrogens with one attached hydrogen (secondary N) is 1. The number of ether oxygens (including phenoxy) is 2. The summed E-state index contributed by atoms with van der Waals surface area (Å²) in [5.74, 6) is 1.73. The highest BCUT2D eigenvalue weighted by molar-refractivity contribution is 5.79. The number of anilines is 1. The lowest BCUT2D eigenvalue weighted by atomic mass is 9.86. The third kappa shape index (κ3) is 5.08. The van der Waals surface area contributed by atoms with Crippen molar-refractivity contribution < 1.29 is 14.3 Å². The summed E-state index contributed by atoms with van der Waals surface area (Å²) in [7, 11) is 0. The highest BCUT2D eigenvalue weighted by Gasteiger charge is 2.26. The fraction of sp³-hybridized carbons (Fsp3) is 0.522. The van der Waals surface area contributed by atoms with Gasteiger partial charge >= 0.3 is 0 Å². The second-order valence-electron chi connectivity index (χ2n) is 7.89. The van der Waals surface area contributed by atoms with Gasteiger partial charge in [-0.3, -0.25) is 4.79 Å². The van der Waals surface area contributed by atoms with E-state index in [2.05, 4.69) is 22.1 Å². The number of nitrogens with zero attached hydrogens (tertiary/aromatic N) is 3. The molecule has 0 spiro atoms. The van der Waals surface area contributed by atoms with Crippen LogP contribution in [0.4, 0.5) is 5.95 Å².